The summed E-state index contributed by atoms with van der Waals surface area (Å²) < 4.78 is 0. The van der Waals surface area contributed by atoms with Gasteiger partial charge in [-0.15, -0.1) is 0 Å². The molecule has 2 fully saturated rings. The number of likely N-dealkylation sites (tertiary alicyclic amines) is 2. The second kappa shape index (κ2) is 9.35. The highest BCUT2D eigenvalue weighted by Crippen LogP contribution is 2.24. The molecule has 25 heavy (non-hydrogen) atoms. The zero-order chi connectivity index (χ0) is 17.5. The summed E-state index contributed by atoms with van der Waals surface area (Å²) in [6.07, 6.45) is 5.70. The number of piperidine rings is 2. The van der Waals surface area contributed by atoms with E-state index < -0.39 is 0 Å². The number of nitrogens with zero attached hydrogens (tertiary/aromatic N) is 2. The normalized spacial score (nSPS) is 23.5. The second-order valence-electron chi connectivity index (χ2n) is 7.62. The van der Waals surface area contributed by atoms with Gasteiger partial charge in [-0.05, 0) is 57.3 Å². The lowest BCUT2D eigenvalue weighted by Gasteiger charge is -2.42. The van der Waals surface area contributed by atoms with Gasteiger partial charge in [0.25, 0.3) is 0 Å². The molecule has 1 aromatic carbocycles. The molecule has 0 aromatic heterocycles. The van der Waals surface area contributed by atoms with Gasteiger partial charge in [0.1, 0.15) is 0 Å². The summed E-state index contributed by atoms with van der Waals surface area (Å²) in [4.78, 5) is 17.5. The molecule has 1 N–H and O–H groups in total. The fraction of sp³-hybridized carbons (Fsp3) is 0.667. The van der Waals surface area contributed by atoms with Crippen LogP contribution in [0.15, 0.2) is 30.3 Å². The van der Waals surface area contributed by atoms with Crippen molar-refractivity contribution in [2.24, 2.45) is 5.92 Å². The number of rotatable bonds is 6. The Kier molecular flexibility index (Phi) is 6.88. The van der Waals surface area contributed by atoms with Crippen molar-refractivity contribution in [2.75, 3.05) is 32.7 Å². The molecular formula is C21H33N3O. The zero-order valence-electron chi connectivity index (χ0n) is 15.6. The molecule has 1 unspecified atom stereocenters. The van der Waals surface area contributed by atoms with E-state index in [1.54, 1.807) is 0 Å². The highest BCUT2D eigenvalue weighted by atomic mass is 16.1. The summed E-state index contributed by atoms with van der Waals surface area (Å²) in [5.41, 5.74) is 1.41. The number of hydrogen-bond donors (Lipinski definition) is 1. The Balaban J connectivity index is 1.45. The quantitative estimate of drug-likeness (QED) is 0.863. The van der Waals surface area contributed by atoms with Gasteiger partial charge in [-0.2, -0.15) is 0 Å². The molecule has 3 rings (SSSR count). The molecule has 1 atom stereocenters. The first-order valence-corrected chi connectivity index (χ1v) is 10.0. The van der Waals surface area contributed by atoms with E-state index in [4.69, 9.17) is 0 Å². The Morgan fingerprint density at radius 1 is 1.12 bits per heavy atom. The lowest BCUT2D eigenvalue weighted by molar-refractivity contribution is -0.127. The predicted molar refractivity (Wildman–Crippen MR) is 102 cm³/mol. The molecule has 2 heterocycles. The monoisotopic (exact) mass is 343 g/mol. The maximum atomic E-state index is 12.3. The molecule has 0 spiro atoms. The summed E-state index contributed by atoms with van der Waals surface area (Å²) in [6.45, 7) is 8.45. The van der Waals surface area contributed by atoms with Crippen LogP contribution in [-0.4, -0.2) is 54.5 Å². The molecule has 0 aliphatic carbocycles. The Labute approximate surface area is 152 Å². The first kappa shape index (κ1) is 18.4. The van der Waals surface area contributed by atoms with Crippen LogP contribution in [0.1, 0.15) is 44.6 Å². The Bertz CT molecular complexity index is 525. The maximum Gasteiger partial charge on any atom is 0.224 e. The van der Waals surface area contributed by atoms with Crippen LogP contribution in [-0.2, 0) is 11.3 Å². The van der Waals surface area contributed by atoms with Crippen molar-refractivity contribution in [3.05, 3.63) is 35.9 Å². The molecule has 0 radical (unpaired) electrons. The summed E-state index contributed by atoms with van der Waals surface area (Å²) in [7, 11) is 0. The van der Waals surface area contributed by atoms with Crippen molar-refractivity contribution in [1.29, 1.82) is 0 Å². The van der Waals surface area contributed by atoms with Crippen LogP contribution in [0.2, 0.25) is 0 Å². The molecule has 4 nitrogen and oxygen atoms in total. The smallest absolute Gasteiger partial charge is 0.224 e. The SMILES string of the molecule is CCCNC(=O)C1CCCN(C2CCN(Cc3ccccc3)CC2)C1. The van der Waals surface area contributed by atoms with E-state index in [2.05, 4.69) is 52.4 Å². The molecule has 138 valence electrons. The zero-order valence-corrected chi connectivity index (χ0v) is 15.6. The molecule has 2 saturated heterocycles. The molecule has 0 saturated carbocycles. The summed E-state index contributed by atoms with van der Waals surface area (Å²) in [5.74, 6) is 0.468. The minimum Gasteiger partial charge on any atom is -0.356 e. The number of nitrogens with one attached hydrogen (secondary N) is 1. The summed E-state index contributed by atoms with van der Waals surface area (Å²) in [5, 5.41) is 3.09. The standard InChI is InChI=1S/C21H33N3O/c1-2-12-22-21(25)19-9-6-13-24(17-19)20-10-14-23(15-11-20)16-18-7-4-3-5-8-18/h3-5,7-8,19-20H,2,6,9-17H2,1H3,(H,22,25). The third-order valence-corrected chi connectivity index (χ3v) is 5.70. The van der Waals surface area contributed by atoms with Gasteiger partial charge in [-0.3, -0.25) is 14.6 Å². The molecule has 2 aliphatic rings. The van der Waals surface area contributed by atoms with Crippen molar-refractivity contribution >= 4 is 5.91 Å². The van der Waals surface area contributed by atoms with Gasteiger partial charge < -0.3 is 5.32 Å². The van der Waals surface area contributed by atoms with Crippen LogP contribution < -0.4 is 5.32 Å². The highest BCUT2D eigenvalue weighted by Gasteiger charge is 2.31. The Hall–Kier alpha value is -1.39. The molecule has 1 amide bonds. The fourth-order valence-corrected chi connectivity index (χ4v) is 4.23. The second-order valence-corrected chi connectivity index (χ2v) is 7.62. The van der Waals surface area contributed by atoms with Crippen LogP contribution in [0.3, 0.4) is 0 Å². The maximum absolute atomic E-state index is 12.3. The van der Waals surface area contributed by atoms with Gasteiger partial charge in [0, 0.05) is 25.7 Å². The van der Waals surface area contributed by atoms with Crippen LogP contribution in [0.25, 0.3) is 0 Å². The summed E-state index contributed by atoms with van der Waals surface area (Å²) in [6, 6.07) is 11.4. The number of carbonyl (C=O) groups is 1. The fourth-order valence-electron chi connectivity index (χ4n) is 4.23. The van der Waals surface area contributed by atoms with Gasteiger partial charge >= 0.3 is 0 Å². The van der Waals surface area contributed by atoms with Crippen LogP contribution >= 0.6 is 0 Å². The van der Waals surface area contributed by atoms with Crippen LogP contribution in [0.5, 0.6) is 0 Å². The number of hydrogen-bond acceptors (Lipinski definition) is 3. The van der Waals surface area contributed by atoms with Crippen molar-refractivity contribution in [1.82, 2.24) is 15.1 Å². The van der Waals surface area contributed by atoms with E-state index in [1.165, 1.54) is 38.0 Å². The van der Waals surface area contributed by atoms with Crippen molar-refractivity contribution in [3.63, 3.8) is 0 Å². The average molecular weight is 344 g/mol. The average Bonchev–Trinajstić information content (AvgIpc) is 2.67. The topological polar surface area (TPSA) is 35.6 Å². The highest BCUT2D eigenvalue weighted by molar-refractivity contribution is 5.78. The first-order chi connectivity index (χ1) is 12.3. The van der Waals surface area contributed by atoms with E-state index in [0.717, 1.165) is 38.9 Å². The lowest BCUT2D eigenvalue weighted by Crippen LogP contribution is -2.50. The van der Waals surface area contributed by atoms with Gasteiger partial charge in [0.2, 0.25) is 5.91 Å². The van der Waals surface area contributed by atoms with Crippen molar-refractivity contribution < 1.29 is 4.79 Å². The van der Waals surface area contributed by atoms with Crippen molar-refractivity contribution in [2.45, 2.75) is 51.6 Å². The van der Waals surface area contributed by atoms with Gasteiger partial charge in [-0.25, -0.2) is 0 Å². The minimum absolute atomic E-state index is 0.197. The molecule has 2 aliphatic heterocycles. The largest absolute Gasteiger partial charge is 0.356 e. The van der Waals surface area contributed by atoms with Gasteiger partial charge in [-0.1, -0.05) is 37.3 Å². The number of carbonyl (C=O) groups excluding carboxylic acids is 1. The first-order valence-electron chi connectivity index (χ1n) is 10.0. The number of amides is 1. The van der Waals surface area contributed by atoms with E-state index in [-0.39, 0.29) is 11.8 Å². The van der Waals surface area contributed by atoms with Crippen molar-refractivity contribution in [3.8, 4) is 0 Å². The van der Waals surface area contributed by atoms with Gasteiger partial charge in [0.05, 0.1) is 5.92 Å². The molecule has 4 heteroatoms. The minimum atomic E-state index is 0.197. The molecular weight excluding hydrogens is 310 g/mol. The van der Waals surface area contributed by atoms with E-state index in [9.17, 15) is 4.79 Å². The Morgan fingerprint density at radius 3 is 2.60 bits per heavy atom. The molecule has 1 aromatic rings. The van der Waals surface area contributed by atoms with Crippen LogP contribution in [0.4, 0.5) is 0 Å². The lowest BCUT2D eigenvalue weighted by atomic mass is 9.93. The van der Waals surface area contributed by atoms with E-state index in [1.807, 2.05) is 0 Å². The third-order valence-electron chi connectivity index (χ3n) is 5.70. The predicted octanol–water partition coefficient (Wildman–Crippen LogP) is 2.89. The van der Waals surface area contributed by atoms with Gasteiger partial charge in [0.15, 0.2) is 0 Å². The van der Waals surface area contributed by atoms with E-state index in [0.29, 0.717) is 6.04 Å². The number of benzene rings is 1. The third kappa shape index (κ3) is 5.29. The summed E-state index contributed by atoms with van der Waals surface area (Å²) >= 11 is 0. The molecule has 0 bridgehead atoms. The van der Waals surface area contributed by atoms with Crippen LogP contribution in [0, 0.1) is 5.92 Å². The van der Waals surface area contributed by atoms with E-state index >= 15 is 0 Å². The Morgan fingerprint density at radius 2 is 1.88 bits per heavy atom.